The molecule has 0 radical (unpaired) electrons. The van der Waals surface area contributed by atoms with Crippen molar-refractivity contribution in [3.63, 3.8) is 0 Å². The van der Waals surface area contributed by atoms with Crippen LogP contribution < -0.4 is 5.32 Å². The molecular formula is C25H24Cl2N4O4S. The van der Waals surface area contributed by atoms with Crippen LogP contribution >= 0.6 is 23.2 Å². The van der Waals surface area contributed by atoms with Crippen molar-refractivity contribution in [2.24, 2.45) is 0 Å². The first-order chi connectivity index (χ1) is 17.1. The summed E-state index contributed by atoms with van der Waals surface area (Å²) in [4.78, 5) is 8.90. The third-order valence-corrected chi connectivity index (χ3v) is 8.74. The van der Waals surface area contributed by atoms with E-state index in [1.165, 1.54) is 24.7 Å². The number of fused-ring (bicyclic) bond motifs is 1. The third kappa shape index (κ3) is 4.52. The molecule has 2 aromatic heterocycles. The highest BCUT2D eigenvalue weighted by Gasteiger charge is 2.27. The number of benzene rings is 2. The Morgan fingerprint density at radius 1 is 1.03 bits per heavy atom. The Hall–Kier alpha value is -2.85. The number of phenols is 1. The number of anilines is 1. The van der Waals surface area contributed by atoms with Gasteiger partial charge in [-0.3, -0.25) is 0 Å². The molecule has 0 saturated heterocycles. The number of nitrogens with one attached hydrogen (secondary N) is 1. The van der Waals surface area contributed by atoms with Gasteiger partial charge in [0.2, 0.25) is 0 Å². The van der Waals surface area contributed by atoms with Crippen LogP contribution in [0.25, 0.3) is 22.2 Å². The van der Waals surface area contributed by atoms with Gasteiger partial charge in [0.1, 0.15) is 12.1 Å². The molecule has 1 aliphatic carbocycles. The lowest BCUT2D eigenvalue weighted by atomic mass is 9.93. The highest BCUT2D eigenvalue weighted by atomic mass is 35.5. The number of aromatic nitrogens is 3. The summed E-state index contributed by atoms with van der Waals surface area (Å²) in [7, 11) is -4.00. The molecule has 0 atom stereocenters. The van der Waals surface area contributed by atoms with E-state index in [2.05, 4.69) is 15.3 Å². The van der Waals surface area contributed by atoms with Gasteiger partial charge in [-0.1, -0.05) is 40.9 Å². The maximum Gasteiger partial charge on any atom is 0.269 e. The fraction of sp³-hybridized carbons (Fsp3) is 0.280. The molecule has 3 N–H and O–H groups in total. The summed E-state index contributed by atoms with van der Waals surface area (Å²) >= 11 is 12.4. The smallest absolute Gasteiger partial charge is 0.269 e. The van der Waals surface area contributed by atoms with Crippen molar-refractivity contribution in [2.75, 3.05) is 5.32 Å². The second kappa shape index (κ2) is 9.55. The first-order valence-corrected chi connectivity index (χ1v) is 13.7. The number of aromatic hydroxyl groups is 1. The van der Waals surface area contributed by atoms with Crippen molar-refractivity contribution in [1.82, 2.24) is 13.9 Å². The van der Waals surface area contributed by atoms with Gasteiger partial charge in [-0.25, -0.2) is 22.4 Å². The summed E-state index contributed by atoms with van der Waals surface area (Å²) in [6.45, 7) is 1.88. The SMILES string of the molecule is Cc1ccc(S(=O)(=O)n2cc(-c3cc(Cl)c(O)c(Cl)c3)c3c(NC4CCC(O)CC4)ncnc32)cc1. The lowest BCUT2D eigenvalue weighted by molar-refractivity contribution is 0.126. The standard InChI is InChI=1S/C25H24Cl2N4O4S/c1-14-2-8-18(9-3-14)36(34,35)31-12-19(15-10-20(26)23(33)21(27)11-15)22-24(28-13-29-25(22)31)30-16-4-6-17(32)7-5-16/h2-3,8-13,16-17,32-33H,4-7H2,1H3,(H,28,29,30). The molecule has 0 aliphatic heterocycles. The highest BCUT2D eigenvalue weighted by Crippen LogP contribution is 2.41. The van der Waals surface area contributed by atoms with Crippen LogP contribution in [-0.4, -0.2) is 44.7 Å². The lowest BCUT2D eigenvalue weighted by Crippen LogP contribution is -2.28. The molecule has 4 aromatic rings. The maximum atomic E-state index is 13.7. The molecule has 8 nitrogen and oxygen atoms in total. The van der Waals surface area contributed by atoms with Crippen molar-refractivity contribution in [3.8, 4) is 16.9 Å². The molecular weight excluding hydrogens is 523 g/mol. The van der Waals surface area contributed by atoms with E-state index in [9.17, 15) is 18.6 Å². The van der Waals surface area contributed by atoms with Crippen molar-refractivity contribution >= 4 is 50.1 Å². The van der Waals surface area contributed by atoms with Gasteiger partial charge < -0.3 is 15.5 Å². The van der Waals surface area contributed by atoms with Crippen LogP contribution in [0.2, 0.25) is 10.0 Å². The fourth-order valence-electron chi connectivity index (χ4n) is 4.50. The largest absolute Gasteiger partial charge is 0.505 e. The molecule has 1 saturated carbocycles. The lowest BCUT2D eigenvalue weighted by Gasteiger charge is -2.26. The number of aryl methyl sites for hydroxylation is 1. The first kappa shape index (κ1) is 24.8. The molecule has 2 aromatic carbocycles. The molecule has 0 amide bonds. The van der Waals surface area contributed by atoms with Gasteiger partial charge in [-0.05, 0) is 62.4 Å². The zero-order valence-corrected chi connectivity index (χ0v) is 21.6. The fourth-order valence-corrected chi connectivity index (χ4v) is 6.31. The summed E-state index contributed by atoms with van der Waals surface area (Å²) in [6, 6.07) is 9.68. The summed E-state index contributed by atoms with van der Waals surface area (Å²) in [6.07, 6.45) is 5.33. The highest BCUT2D eigenvalue weighted by molar-refractivity contribution is 7.90. The monoisotopic (exact) mass is 546 g/mol. The number of halogens is 2. The zero-order chi connectivity index (χ0) is 25.6. The van der Waals surface area contributed by atoms with Crippen LogP contribution in [0, 0.1) is 6.92 Å². The van der Waals surface area contributed by atoms with Gasteiger partial charge in [-0.2, -0.15) is 0 Å². The molecule has 1 aliphatic rings. The number of aliphatic hydroxyl groups is 1. The van der Waals surface area contributed by atoms with Crippen molar-refractivity contribution in [2.45, 2.75) is 49.6 Å². The van der Waals surface area contributed by atoms with E-state index in [-0.39, 0.29) is 38.5 Å². The van der Waals surface area contributed by atoms with Gasteiger partial charge >= 0.3 is 0 Å². The topological polar surface area (TPSA) is 117 Å². The van der Waals surface area contributed by atoms with E-state index >= 15 is 0 Å². The Bertz CT molecular complexity index is 1520. The zero-order valence-electron chi connectivity index (χ0n) is 19.3. The Kier molecular flexibility index (Phi) is 6.59. The van der Waals surface area contributed by atoms with Crippen LogP contribution in [0.5, 0.6) is 5.75 Å². The van der Waals surface area contributed by atoms with Gasteiger partial charge in [0.05, 0.1) is 26.4 Å². The molecule has 11 heteroatoms. The van der Waals surface area contributed by atoms with Gasteiger partial charge in [-0.15, -0.1) is 0 Å². The average molecular weight is 547 g/mol. The average Bonchev–Trinajstić information content (AvgIpc) is 3.26. The third-order valence-electron chi connectivity index (χ3n) is 6.49. The molecule has 0 spiro atoms. The second-order valence-electron chi connectivity index (χ2n) is 9.02. The minimum absolute atomic E-state index is 0.0346. The Labute approximate surface area is 218 Å². The van der Waals surface area contributed by atoms with Crippen LogP contribution in [0.15, 0.2) is 53.8 Å². The van der Waals surface area contributed by atoms with E-state index in [0.717, 1.165) is 22.4 Å². The van der Waals surface area contributed by atoms with E-state index in [0.29, 0.717) is 35.2 Å². The quantitative estimate of drug-likeness (QED) is 0.308. The number of phenolic OH excluding ortho intramolecular Hbond substituents is 1. The predicted molar refractivity (Wildman–Crippen MR) is 140 cm³/mol. The van der Waals surface area contributed by atoms with Crippen LogP contribution in [0.3, 0.4) is 0 Å². The summed E-state index contributed by atoms with van der Waals surface area (Å²) in [5.74, 6) is 0.211. The van der Waals surface area contributed by atoms with E-state index < -0.39 is 10.0 Å². The van der Waals surface area contributed by atoms with Crippen molar-refractivity contribution < 1.29 is 18.6 Å². The summed E-state index contributed by atoms with van der Waals surface area (Å²) < 4.78 is 28.5. The van der Waals surface area contributed by atoms with Crippen molar-refractivity contribution in [3.05, 3.63) is 64.5 Å². The van der Waals surface area contributed by atoms with Crippen LogP contribution in [-0.2, 0) is 10.0 Å². The molecule has 5 rings (SSSR count). The number of hydrogen-bond donors (Lipinski definition) is 3. The van der Waals surface area contributed by atoms with Crippen LogP contribution in [0.4, 0.5) is 5.82 Å². The summed E-state index contributed by atoms with van der Waals surface area (Å²) in [5, 5.41) is 23.9. The van der Waals surface area contributed by atoms with Crippen molar-refractivity contribution in [1.29, 1.82) is 0 Å². The van der Waals surface area contributed by atoms with E-state index in [4.69, 9.17) is 23.2 Å². The van der Waals surface area contributed by atoms with Gasteiger partial charge in [0.15, 0.2) is 11.4 Å². The molecule has 1 fully saturated rings. The normalized spacial score (nSPS) is 18.4. The molecule has 36 heavy (non-hydrogen) atoms. The van der Waals surface area contributed by atoms with E-state index in [1.54, 1.807) is 24.3 Å². The van der Waals surface area contributed by atoms with E-state index in [1.807, 2.05) is 6.92 Å². The number of aliphatic hydroxyl groups excluding tert-OH is 1. The summed E-state index contributed by atoms with van der Waals surface area (Å²) in [5.41, 5.74) is 2.12. The van der Waals surface area contributed by atoms with Gasteiger partial charge in [0.25, 0.3) is 10.0 Å². The van der Waals surface area contributed by atoms with Gasteiger partial charge in [0, 0.05) is 17.8 Å². The van der Waals surface area contributed by atoms with Crippen LogP contribution in [0.1, 0.15) is 31.2 Å². The predicted octanol–water partition coefficient (Wildman–Crippen LogP) is 5.37. The molecule has 0 bridgehead atoms. The maximum absolute atomic E-state index is 13.7. The number of rotatable bonds is 5. The minimum Gasteiger partial charge on any atom is -0.505 e. The molecule has 0 unspecified atom stereocenters. The second-order valence-corrected chi connectivity index (χ2v) is 11.6. The Morgan fingerprint density at radius 2 is 1.67 bits per heavy atom. The first-order valence-electron chi connectivity index (χ1n) is 11.5. The Morgan fingerprint density at radius 3 is 2.31 bits per heavy atom. The number of hydrogen-bond acceptors (Lipinski definition) is 7. The Balaban J connectivity index is 1.72. The number of nitrogens with zero attached hydrogens (tertiary/aromatic N) is 3. The minimum atomic E-state index is -4.00. The molecule has 2 heterocycles. The molecule has 188 valence electrons.